The highest BCUT2D eigenvalue weighted by Crippen LogP contribution is 2.40. The number of carbonyl (C=O) groups is 1. The molecule has 3 aliphatic rings. The summed E-state index contributed by atoms with van der Waals surface area (Å²) in [6.07, 6.45) is 9.43. The van der Waals surface area contributed by atoms with Crippen molar-refractivity contribution in [2.24, 2.45) is 0 Å². The van der Waals surface area contributed by atoms with Crippen molar-refractivity contribution >= 4 is 16.1 Å². The Morgan fingerprint density at radius 3 is 2.58 bits per heavy atom. The molecule has 1 saturated heterocycles. The van der Waals surface area contributed by atoms with Crippen molar-refractivity contribution in [2.45, 2.75) is 69.0 Å². The molecule has 0 radical (unpaired) electrons. The van der Waals surface area contributed by atoms with Gasteiger partial charge in [-0.25, -0.2) is 0 Å². The first-order chi connectivity index (χ1) is 15.9. The maximum atomic E-state index is 13.0. The zero-order valence-corrected chi connectivity index (χ0v) is 20.0. The van der Waals surface area contributed by atoms with E-state index in [1.165, 1.54) is 4.31 Å². The number of amides is 1. The van der Waals surface area contributed by atoms with Crippen LogP contribution in [0.25, 0.3) is 0 Å². The second-order valence-corrected chi connectivity index (χ2v) is 10.9. The summed E-state index contributed by atoms with van der Waals surface area (Å²) in [6, 6.07) is 1.56. The number of nitrogens with zero attached hydrogens (tertiary/aromatic N) is 2. The Bertz CT molecular complexity index is 921. The van der Waals surface area contributed by atoms with Gasteiger partial charge in [0.2, 0.25) is 0 Å². The van der Waals surface area contributed by atoms with Crippen LogP contribution in [0.4, 0.5) is 0 Å². The van der Waals surface area contributed by atoms with E-state index < -0.39 is 10.2 Å². The third kappa shape index (κ3) is 6.86. The van der Waals surface area contributed by atoms with Gasteiger partial charge in [-0.3, -0.25) is 4.79 Å². The quantitative estimate of drug-likeness (QED) is 0.340. The Labute approximate surface area is 195 Å². The predicted octanol–water partition coefficient (Wildman–Crippen LogP) is 1.29. The molecule has 0 bridgehead atoms. The number of nitrogens with one attached hydrogen (secondary N) is 3. The topological polar surface area (TPSA) is 126 Å². The van der Waals surface area contributed by atoms with E-state index in [0.29, 0.717) is 50.9 Å². The number of aromatic nitrogens is 1. The van der Waals surface area contributed by atoms with Crippen LogP contribution in [0.2, 0.25) is 0 Å². The number of piperidine rings is 1. The van der Waals surface area contributed by atoms with Crippen molar-refractivity contribution < 1.29 is 22.5 Å². The van der Waals surface area contributed by atoms with Gasteiger partial charge in [0.15, 0.2) is 5.69 Å². The Kier molecular flexibility index (Phi) is 8.18. The lowest BCUT2D eigenvalue weighted by molar-refractivity contribution is 0.0925. The first-order valence-corrected chi connectivity index (χ1v) is 13.3. The van der Waals surface area contributed by atoms with Crippen molar-refractivity contribution in [2.75, 3.05) is 33.4 Å². The molecule has 184 valence electrons. The number of methoxy groups -OCH3 is 1. The Morgan fingerprint density at radius 1 is 1.15 bits per heavy atom. The van der Waals surface area contributed by atoms with E-state index in [0.717, 1.165) is 38.0 Å². The molecule has 3 N–H and O–H groups in total. The third-order valence-electron chi connectivity index (χ3n) is 6.50. The lowest BCUT2D eigenvalue weighted by Gasteiger charge is -2.33. The summed E-state index contributed by atoms with van der Waals surface area (Å²) >= 11 is 0. The molecule has 1 aromatic rings. The number of rotatable bonds is 10. The molecule has 1 saturated carbocycles. The van der Waals surface area contributed by atoms with Crippen LogP contribution in [-0.4, -0.2) is 75.3 Å². The van der Waals surface area contributed by atoms with E-state index in [1.807, 2.05) is 12.2 Å². The molecular weight excluding hydrogens is 446 g/mol. The molecule has 33 heavy (non-hydrogen) atoms. The zero-order chi connectivity index (χ0) is 23.3. The Hall–Kier alpha value is -1.79. The fourth-order valence-corrected chi connectivity index (χ4v) is 5.89. The Balaban J connectivity index is 1.27. The summed E-state index contributed by atoms with van der Waals surface area (Å²) in [5.41, 5.74) is 0.282. The van der Waals surface area contributed by atoms with Crippen LogP contribution in [0.5, 0.6) is 0 Å². The van der Waals surface area contributed by atoms with Gasteiger partial charge in [-0.05, 0) is 44.9 Å². The summed E-state index contributed by atoms with van der Waals surface area (Å²) in [7, 11) is -1.93. The van der Waals surface area contributed by atoms with E-state index in [1.54, 1.807) is 13.2 Å². The summed E-state index contributed by atoms with van der Waals surface area (Å²) in [6.45, 7) is 2.38. The maximum Gasteiger partial charge on any atom is 0.279 e. The molecule has 0 spiro atoms. The summed E-state index contributed by atoms with van der Waals surface area (Å²) < 4.78 is 40.7. The van der Waals surface area contributed by atoms with Gasteiger partial charge in [-0.15, -0.1) is 0 Å². The lowest BCUT2D eigenvalue weighted by atomic mass is 10.1. The lowest BCUT2D eigenvalue weighted by Crippen LogP contribution is -2.52. The Morgan fingerprint density at radius 2 is 1.88 bits per heavy atom. The van der Waals surface area contributed by atoms with E-state index in [4.69, 9.17) is 9.26 Å². The van der Waals surface area contributed by atoms with Gasteiger partial charge in [0.05, 0.1) is 6.61 Å². The number of ether oxygens (including phenoxy) is 1. The highest BCUT2D eigenvalue weighted by molar-refractivity contribution is 7.87. The summed E-state index contributed by atoms with van der Waals surface area (Å²) in [4.78, 5) is 12.6. The monoisotopic (exact) mass is 481 g/mol. The molecule has 11 heteroatoms. The molecule has 1 aromatic heterocycles. The van der Waals surface area contributed by atoms with Crippen molar-refractivity contribution in [3.8, 4) is 0 Å². The van der Waals surface area contributed by atoms with Crippen LogP contribution in [0.15, 0.2) is 22.7 Å². The normalized spacial score (nSPS) is 25.1. The van der Waals surface area contributed by atoms with Crippen molar-refractivity contribution in [3.63, 3.8) is 0 Å². The smallest absolute Gasteiger partial charge is 0.279 e. The average Bonchev–Trinajstić information content (AvgIpc) is 3.56. The molecule has 1 amide bonds. The number of carbonyl (C=O) groups excluding carboxylic acids is 1. The minimum atomic E-state index is -3.59. The van der Waals surface area contributed by atoms with Gasteiger partial charge >= 0.3 is 0 Å². The highest BCUT2D eigenvalue weighted by atomic mass is 32.2. The molecule has 1 aliphatic heterocycles. The van der Waals surface area contributed by atoms with Gasteiger partial charge in [0, 0.05) is 56.9 Å². The number of hydrogen-bond donors (Lipinski definition) is 3. The first kappa shape index (κ1) is 24.3. The van der Waals surface area contributed by atoms with E-state index in [2.05, 4.69) is 20.5 Å². The summed E-state index contributed by atoms with van der Waals surface area (Å²) in [5, 5.41) is 10.3. The minimum Gasteiger partial charge on any atom is -0.383 e. The number of hydrogen-bond acceptors (Lipinski definition) is 7. The van der Waals surface area contributed by atoms with Crippen molar-refractivity contribution in [3.05, 3.63) is 29.7 Å². The second kappa shape index (κ2) is 11.1. The highest BCUT2D eigenvalue weighted by Gasteiger charge is 2.32. The molecule has 0 aromatic carbocycles. The zero-order valence-electron chi connectivity index (χ0n) is 19.2. The van der Waals surface area contributed by atoms with E-state index >= 15 is 0 Å². The van der Waals surface area contributed by atoms with Crippen LogP contribution in [-0.2, 0) is 14.9 Å². The molecule has 10 nitrogen and oxygen atoms in total. The second-order valence-electron chi connectivity index (χ2n) is 9.18. The van der Waals surface area contributed by atoms with Crippen molar-refractivity contribution in [1.29, 1.82) is 0 Å². The van der Waals surface area contributed by atoms with E-state index in [-0.39, 0.29) is 23.7 Å². The minimum absolute atomic E-state index is 0.180. The third-order valence-corrected chi connectivity index (χ3v) is 8.18. The van der Waals surface area contributed by atoms with E-state index in [9.17, 15) is 13.2 Å². The molecule has 2 aliphatic carbocycles. The standard InChI is InChI=1S/C22H35N5O5S/c1-31-13-10-23-17-8-11-27(12-9-17)33(29,30)26-19-5-3-2-4-18(14-19)24-22(28)20-15-21(32-25-20)16-6-7-16/h2-3,15-19,23,26H,4-14H2,1H3,(H,24,28)/t18-,19-/m0/s1. The SMILES string of the molecule is COCCNC1CCN(S(=O)(=O)N[C@H]2CC=CC[C@H](NC(=O)c3cc(C4CC4)on3)C2)CC1. The largest absolute Gasteiger partial charge is 0.383 e. The van der Waals surface area contributed by atoms with Gasteiger partial charge in [0.1, 0.15) is 5.76 Å². The summed E-state index contributed by atoms with van der Waals surface area (Å²) in [5.74, 6) is 0.879. The first-order valence-electron chi connectivity index (χ1n) is 11.9. The van der Waals surface area contributed by atoms with Gasteiger partial charge in [0.25, 0.3) is 16.1 Å². The van der Waals surface area contributed by atoms with Crippen LogP contribution in [0, 0.1) is 0 Å². The molecule has 4 rings (SSSR count). The van der Waals surface area contributed by atoms with Crippen LogP contribution in [0.3, 0.4) is 0 Å². The predicted molar refractivity (Wildman–Crippen MR) is 123 cm³/mol. The van der Waals surface area contributed by atoms with Gasteiger partial charge < -0.3 is 19.9 Å². The maximum absolute atomic E-state index is 13.0. The fraction of sp³-hybridized carbons (Fsp3) is 0.727. The van der Waals surface area contributed by atoms with Crippen LogP contribution < -0.4 is 15.4 Å². The molecule has 2 fully saturated rings. The van der Waals surface area contributed by atoms with Crippen LogP contribution >= 0.6 is 0 Å². The molecular formula is C22H35N5O5S. The molecule has 2 atom stereocenters. The van der Waals surface area contributed by atoms with Crippen LogP contribution in [0.1, 0.15) is 67.1 Å². The van der Waals surface area contributed by atoms with Gasteiger partial charge in [-0.2, -0.15) is 17.4 Å². The average molecular weight is 482 g/mol. The molecule has 0 unspecified atom stereocenters. The van der Waals surface area contributed by atoms with Crippen molar-refractivity contribution in [1.82, 2.24) is 24.8 Å². The van der Waals surface area contributed by atoms with Gasteiger partial charge in [-0.1, -0.05) is 17.3 Å². The fourth-order valence-electron chi connectivity index (χ4n) is 4.44. The molecule has 2 heterocycles.